The van der Waals surface area contributed by atoms with Gasteiger partial charge in [-0.2, -0.15) is 0 Å². The van der Waals surface area contributed by atoms with E-state index in [0.717, 1.165) is 42.6 Å². The van der Waals surface area contributed by atoms with E-state index in [-0.39, 0.29) is 11.7 Å². The molecule has 0 spiro atoms. The van der Waals surface area contributed by atoms with Gasteiger partial charge in [-0.1, -0.05) is 12.1 Å². The Kier molecular flexibility index (Phi) is 5.16. The van der Waals surface area contributed by atoms with Crippen LogP contribution >= 0.6 is 0 Å². The Morgan fingerprint density at radius 3 is 2.61 bits per heavy atom. The van der Waals surface area contributed by atoms with Gasteiger partial charge in [-0.25, -0.2) is 9.97 Å². The Bertz CT molecular complexity index is 1230. The van der Waals surface area contributed by atoms with Crippen LogP contribution in [-0.4, -0.2) is 35.6 Å². The molecular weight excluding hydrogens is 392 g/mol. The number of amides is 1. The summed E-state index contributed by atoms with van der Waals surface area (Å²) in [4.78, 5) is 24.5. The first-order chi connectivity index (χ1) is 15.2. The second kappa shape index (κ2) is 8.26. The highest BCUT2D eigenvalue weighted by atomic mass is 16.5. The number of hydrogen-bond acceptors (Lipinski definition) is 6. The molecule has 1 aliphatic rings. The summed E-state index contributed by atoms with van der Waals surface area (Å²) in [5.41, 5.74) is 2.71. The molecule has 0 aliphatic carbocycles. The number of anilines is 2. The molecule has 5 rings (SSSR count). The molecule has 1 saturated heterocycles. The predicted octanol–water partition coefficient (Wildman–Crippen LogP) is 5.02. The third-order valence-electron chi connectivity index (χ3n) is 5.48. The van der Waals surface area contributed by atoms with E-state index in [1.807, 2.05) is 43.3 Å². The highest BCUT2D eigenvalue weighted by Crippen LogP contribution is 2.34. The smallest absolute Gasteiger partial charge is 0.293 e. The van der Waals surface area contributed by atoms with E-state index in [1.165, 1.54) is 6.42 Å². The van der Waals surface area contributed by atoms with Crippen molar-refractivity contribution < 1.29 is 13.9 Å². The van der Waals surface area contributed by atoms with E-state index >= 15 is 0 Å². The van der Waals surface area contributed by atoms with Crippen LogP contribution in [0.3, 0.4) is 0 Å². The Morgan fingerprint density at radius 2 is 1.84 bits per heavy atom. The molecule has 4 aromatic rings. The molecule has 1 fully saturated rings. The second-order valence-electron chi connectivity index (χ2n) is 7.61. The number of hydrogen-bond donors (Lipinski definition) is 1. The molecule has 7 nitrogen and oxygen atoms in total. The normalized spacial score (nSPS) is 14.2. The first kappa shape index (κ1) is 19.4. The zero-order chi connectivity index (χ0) is 21.2. The zero-order valence-electron chi connectivity index (χ0n) is 17.4. The maximum atomic E-state index is 13.0. The van der Waals surface area contributed by atoms with E-state index in [1.54, 1.807) is 12.1 Å². The Morgan fingerprint density at radius 1 is 1.06 bits per heavy atom. The maximum Gasteiger partial charge on any atom is 0.293 e. The fourth-order valence-corrected chi connectivity index (χ4v) is 3.99. The van der Waals surface area contributed by atoms with Crippen LogP contribution in [0.25, 0.3) is 22.1 Å². The Labute approximate surface area is 180 Å². The van der Waals surface area contributed by atoms with Crippen molar-refractivity contribution in [2.75, 3.05) is 29.9 Å². The van der Waals surface area contributed by atoms with Crippen molar-refractivity contribution in [2.24, 2.45) is 0 Å². The van der Waals surface area contributed by atoms with Gasteiger partial charge < -0.3 is 19.4 Å². The van der Waals surface area contributed by atoms with Crippen LogP contribution in [0.5, 0.6) is 5.75 Å². The lowest BCUT2D eigenvalue weighted by Gasteiger charge is -2.27. The Hall–Kier alpha value is -3.61. The van der Waals surface area contributed by atoms with Gasteiger partial charge in [-0.3, -0.25) is 4.79 Å². The molecule has 158 valence electrons. The fraction of sp³-hybridized carbons (Fsp3) is 0.292. The number of carbonyl (C=O) groups excluding carboxylic acids is 1. The lowest BCUT2D eigenvalue weighted by atomic mass is 10.1. The highest BCUT2D eigenvalue weighted by molar-refractivity contribution is 6.09. The van der Waals surface area contributed by atoms with E-state index in [9.17, 15) is 4.79 Å². The molecule has 2 aromatic heterocycles. The summed E-state index contributed by atoms with van der Waals surface area (Å²) in [7, 11) is 0. The molecule has 1 aliphatic heterocycles. The van der Waals surface area contributed by atoms with Crippen molar-refractivity contribution in [3.8, 4) is 5.75 Å². The summed E-state index contributed by atoms with van der Waals surface area (Å²) in [6, 6.07) is 15.0. The van der Waals surface area contributed by atoms with Gasteiger partial charge in [0.15, 0.2) is 11.4 Å². The molecule has 0 radical (unpaired) electrons. The van der Waals surface area contributed by atoms with Gasteiger partial charge in [0.25, 0.3) is 5.91 Å². The number of ether oxygens (including phenoxy) is 1. The van der Waals surface area contributed by atoms with E-state index in [4.69, 9.17) is 9.15 Å². The van der Waals surface area contributed by atoms with Crippen LogP contribution in [0.1, 0.15) is 36.8 Å². The summed E-state index contributed by atoms with van der Waals surface area (Å²) >= 11 is 0. The predicted molar refractivity (Wildman–Crippen MR) is 121 cm³/mol. The summed E-state index contributed by atoms with van der Waals surface area (Å²) in [6.07, 6.45) is 3.40. The molecule has 7 heteroatoms. The van der Waals surface area contributed by atoms with Gasteiger partial charge in [0, 0.05) is 24.2 Å². The number of aromatic nitrogens is 2. The van der Waals surface area contributed by atoms with Crippen LogP contribution in [0.4, 0.5) is 11.5 Å². The van der Waals surface area contributed by atoms with E-state index in [2.05, 4.69) is 20.2 Å². The highest BCUT2D eigenvalue weighted by Gasteiger charge is 2.23. The SMILES string of the molecule is CCOc1ccc(NC(=O)c2nc(N3CCCCC3)c3oc4ccccc4c3n2)cc1. The monoisotopic (exact) mass is 416 g/mol. The first-order valence-electron chi connectivity index (χ1n) is 10.7. The van der Waals surface area contributed by atoms with Gasteiger partial charge in [0.1, 0.15) is 16.8 Å². The number of nitrogens with zero attached hydrogens (tertiary/aromatic N) is 3. The lowest BCUT2D eigenvalue weighted by molar-refractivity contribution is 0.101. The Balaban J connectivity index is 1.54. The average molecular weight is 416 g/mol. The van der Waals surface area contributed by atoms with Gasteiger partial charge >= 0.3 is 0 Å². The summed E-state index contributed by atoms with van der Waals surface area (Å²) in [6.45, 7) is 4.31. The first-order valence-corrected chi connectivity index (χ1v) is 10.7. The van der Waals surface area contributed by atoms with Gasteiger partial charge in [-0.05, 0) is 62.6 Å². The van der Waals surface area contributed by atoms with Crippen molar-refractivity contribution in [3.63, 3.8) is 0 Å². The molecule has 0 atom stereocenters. The number of furan rings is 1. The van der Waals surface area contributed by atoms with Crippen molar-refractivity contribution in [1.82, 2.24) is 9.97 Å². The minimum atomic E-state index is -0.352. The van der Waals surface area contributed by atoms with Crippen LogP contribution in [0.15, 0.2) is 52.9 Å². The third-order valence-corrected chi connectivity index (χ3v) is 5.48. The van der Waals surface area contributed by atoms with Gasteiger partial charge in [-0.15, -0.1) is 0 Å². The standard InChI is InChI=1S/C24H24N4O3/c1-2-30-17-12-10-16(11-13-17)25-24(29)22-26-20-18-8-4-5-9-19(18)31-21(20)23(27-22)28-14-6-3-7-15-28/h4-5,8-13H,2-3,6-7,14-15H2,1H3,(H,25,29). The number of benzene rings is 2. The number of rotatable bonds is 5. The maximum absolute atomic E-state index is 13.0. The minimum absolute atomic E-state index is 0.133. The second-order valence-corrected chi connectivity index (χ2v) is 7.61. The van der Waals surface area contributed by atoms with E-state index in [0.29, 0.717) is 29.2 Å². The van der Waals surface area contributed by atoms with Crippen molar-refractivity contribution in [3.05, 3.63) is 54.4 Å². The molecule has 3 heterocycles. The number of carbonyl (C=O) groups is 1. The number of nitrogens with one attached hydrogen (secondary N) is 1. The van der Waals surface area contributed by atoms with Crippen molar-refractivity contribution in [2.45, 2.75) is 26.2 Å². The lowest BCUT2D eigenvalue weighted by Crippen LogP contribution is -2.31. The van der Waals surface area contributed by atoms with Gasteiger partial charge in [0.05, 0.1) is 6.61 Å². The molecule has 0 saturated carbocycles. The fourth-order valence-electron chi connectivity index (χ4n) is 3.99. The quantitative estimate of drug-likeness (QED) is 0.492. The largest absolute Gasteiger partial charge is 0.494 e. The van der Waals surface area contributed by atoms with Gasteiger partial charge in [0.2, 0.25) is 5.82 Å². The molecule has 0 bridgehead atoms. The van der Waals surface area contributed by atoms with Crippen LogP contribution in [0, 0.1) is 0 Å². The molecule has 31 heavy (non-hydrogen) atoms. The number of fused-ring (bicyclic) bond motifs is 3. The van der Waals surface area contributed by atoms with Crippen LogP contribution in [-0.2, 0) is 0 Å². The topological polar surface area (TPSA) is 80.5 Å². The third kappa shape index (κ3) is 3.79. The minimum Gasteiger partial charge on any atom is -0.494 e. The molecule has 1 N–H and O–H groups in total. The number of para-hydroxylation sites is 1. The molecule has 2 aromatic carbocycles. The molecule has 0 unspecified atom stereocenters. The van der Waals surface area contributed by atoms with Crippen LogP contribution in [0.2, 0.25) is 0 Å². The molecular formula is C24H24N4O3. The molecule has 1 amide bonds. The van der Waals surface area contributed by atoms with E-state index < -0.39 is 0 Å². The zero-order valence-corrected chi connectivity index (χ0v) is 17.4. The average Bonchev–Trinajstić information content (AvgIpc) is 3.19. The summed E-state index contributed by atoms with van der Waals surface area (Å²) in [5, 5.41) is 3.78. The summed E-state index contributed by atoms with van der Waals surface area (Å²) in [5.74, 6) is 1.23. The van der Waals surface area contributed by atoms with Crippen molar-refractivity contribution in [1.29, 1.82) is 0 Å². The summed E-state index contributed by atoms with van der Waals surface area (Å²) < 4.78 is 11.6. The number of piperidine rings is 1. The van der Waals surface area contributed by atoms with Crippen molar-refractivity contribution >= 4 is 39.5 Å². The van der Waals surface area contributed by atoms with Crippen LogP contribution < -0.4 is 15.0 Å².